The number of rotatable bonds is 5. The van der Waals surface area contributed by atoms with Gasteiger partial charge in [0.2, 0.25) is 0 Å². The van der Waals surface area contributed by atoms with Crippen molar-refractivity contribution in [1.82, 2.24) is 10.6 Å². The van der Waals surface area contributed by atoms with Gasteiger partial charge in [-0.15, -0.1) is 0 Å². The molecule has 0 heterocycles. The Labute approximate surface area is 109 Å². The number of carbonyl (C=O) groups is 1. The summed E-state index contributed by atoms with van der Waals surface area (Å²) in [5.74, 6) is 0.791. The predicted molar refractivity (Wildman–Crippen MR) is 73.4 cm³/mol. The molecule has 0 saturated heterocycles. The third-order valence-electron chi connectivity index (χ3n) is 3.57. The van der Waals surface area contributed by atoms with Gasteiger partial charge in [0.15, 0.2) is 0 Å². The molecular formula is C15H22N2O. The van der Waals surface area contributed by atoms with Crippen LogP contribution in [0.3, 0.4) is 0 Å². The van der Waals surface area contributed by atoms with Gasteiger partial charge in [-0.1, -0.05) is 37.5 Å². The summed E-state index contributed by atoms with van der Waals surface area (Å²) in [7, 11) is 0. The molecule has 0 unspecified atom stereocenters. The first kappa shape index (κ1) is 13.1. The van der Waals surface area contributed by atoms with E-state index in [0.29, 0.717) is 6.67 Å². The summed E-state index contributed by atoms with van der Waals surface area (Å²) in [6, 6.07) is 9.33. The maximum Gasteiger partial charge on any atom is 0.252 e. The normalized spacial score (nSPS) is 16.4. The summed E-state index contributed by atoms with van der Waals surface area (Å²) in [6.07, 6.45) is 6.78. The molecule has 1 aromatic rings. The second-order valence-electron chi connectivity index (χ2n) is 5.01. The number of amides is 1. The predicted octanol–water partition coefficient (Wildman–Crippen LogP) is 2.54. The van der Waals surface area contributed by atoms with Crippen molar-refractivity contribution in [3.8, 4) is 0 Å². The Morgan fingerprint density at radius 2 is 1.83 bits per heavy atom. The van der Waals surface area contributed by atoms with Crippen LogP contribution in [0.25, 0.3) is 0 Å². The SMILES string of the molecule is O=C(NCNCC1CCCCC1)c1ccccc1. The van der Waals surface area contributed by atoms with Gasteiger partial charge >= 0.3 is 0 Å². The van der Waals surface area contributed by atoms with Gasteiger partial charge in [-0.25, -0.2) is 0 Å². The fraction of sp³-hybridized carbons (Fsp3) is 0.533. The molecule has 2 rings (SSSR count). The minimum atomic E-state index is -0.00764. The molecule has 1 fully saturated rings. The van der Waals surface area contributed by atoms with Gasteiger partial charge in [0.05, 0.1) is 6.67 Å². The van der Waals surface area contributed by atoms with Crippen molar-refractivity contribution in [2.24, 2.45) is 5.92 Å². The van der Waals surface area contributed by atoms with Gasteiger partial charge in [-0.2, -0.15) is 0 Å². The van der Waals surface area contributed by atoms with E-state index in [1.165, 1.54) is 32.1 Å². The maximum absolute atomic E-state index is 11.7. The number of hydrogen-bond donors (Lipinski definition) is 2. The average Bonchev–Trinajstić information content (AvgIpc) is 2.45. The van der Waals surface area contributed by atoms with E-state index in [1.54, 1.807) is 0 Å². The summed E-state index contributed by atoms with van der Waals surface area (Å²) in [5.41, 5.74) is 0.719. The van der Waals surface area contributed by atoms with Crippen LogP contribution in [0.1, 0.15) is 42.5 Å². The van der Waals surface area contributed by atoms with Crippen molar-refractivity contribution in [3.05, 3.63) is 35.9 Å². The molecule has 2 N–H and O–H groups in total. The Kier molecular flexibility index (Phi) is 5.21. The lowest BCUT2D eigenvalue weighted by Gasteiger charge is -2.21. The first-order valence-electron chi connectivity index (χ1n) is 6.90. The monoisotopic (exact) mass is 246 g/mol. The van der Waals surface area contributed by atoms with E-state index < -0.39 is 0 Å². The van der Waals surface area contributed by atoms with E-state index >= 15 is 0 Å². The highest BCUT2D eigenvalue weighted by molar-refractivity contribution is 5.94. The van der Waals surface area contributed by atoms with Crippen LogP contribution >= 0.6 is 0 Å². The molecule has 1 amide bonds. The smallest absolute Gasteiger partial charge is 0.252 e. The van der Waals surface area contributed by atoms with Crippen LogP contribution in [0.4, 0.5) is 0 Å². The van der Waals surface area contributed by atoms with Gasteiger partial charge in [0.25, 0.3) is 5.91 Å². The van der Waals surface area contributed by atoms with E-state index in [2.05, 4.69) is 10.6 Å². The topological polar surface area (TPSA) is 41.1 Å². The van der Waals surface area contributed by atoms with Gasteiger partial charge in [-0.05, 0) is 37.4 Å². The summed E-state index contributed by atoms with van der Waals surface area (Å²) in [6.45, 7) is 1.58. The van der Waals surface area contributed by atoms with E-state index in [4.69, 9.17) is 0 Å². The Hall–Kier alpha value is -1.35. The molecule has 1 aliphatic carbocycles. The second kappa shape index (κ2) is 7.17. The van der Waals surface area contributed by atoms with E-state index in [-0.39, 0.29) is 5.91 Å². The highest BCUT2D eigenvalue weighted by Gasteiger charge is 2.12. The molecule has 0 bridgehead atoms. The van der Waals surface area contributed by atoms with Crippen molar-refractivity contribution >= 4 is 5.91 Å². The van der Waals surface area contributed by atoms with E-state index in [0.717, 1.165) is 18.0 Å². The lowest BCUT2D eigenvalue weighted by atomic mass is 9.89. The average molecular weight is 246 g/mol. The number of hydrogen-bond acceptors (Lipinski definition) is 2. The lowest BCUT2D eigenvalue weighted by molar-refractivity contribution is 0.0949. The second-order valence-corrected chi connectivity index (χ2v) is 5.01. The minimum absolute atomic E-state index is 0.00764. The Balaban J connectivity index is 1.62. The summed E-state index contributed by atoms with van der Waals surface area (Å²) < 4.78 is 0. The first-order valence-corrected chi connectivity index (χ1v) is 6.90. The van der Waals surface area contributed by atoms with Crippen LogP contribution in [0, 0.1) is 5.92 Å². The number of carbonyl (C=O) groups excluding carboxylic acids is 1. The van der Waals surface area contributed by atoms with Gasteiger partial charge in [0.1, 0.15) is 0 Å². The molecule has 0 spiro atoms. The largest absolute Gasteiger partial charge is 0.339 e. The van der Waals surface area contributed by atoms with Crippen molar-refractivity contribution in [2.45, 2.75) is 32.1 Å². The summed E-state index contributed by atoms with van der Waals surface area (Å²) in [5, 5.41) is 6.21. The Bertz CT molecular complexity index is 358. The molecule has 0 atom stereocenters. The van der Waals surface area contributed by atoms with Crippen molar-refractivity contribution in [2.75, 3.05) is 13.2 Å². The molecule has 1 aliphatic rings. The molecule has 1 aromatic carbocycles. The van der Waals surface area contributed by atoms with Crippen molar-refractivity contribution in [3.63, 3.8) is 0 Å². The number of nitrogens with one attached hydrogen (secondary N) is 2. The minimum Gasteiger partial charge on any atom is -0.339 e. The van der Waals surface area contributed by atoms with Crippen LogP contribution in [0.2, 0.25) is 0 Å². The van der Waals surface area contributed by atoms with Gasteiger partial charge in [-0.3, -0.25) is 10.1 Å². The summed E-state index contributed by atoms with van der Waals surface area (Å²) >= 11 is 0. The quantitative estimate of drug-likeness (QED) is 0.619. The molecular weight excluding hydrogens is 224 g/mol. The molecule has 0 aromatic heterocycles. The summed E-state index contributed by atoms with van der Waals surface area (Å²) in [4.78, 5) is 11.7. The van der Waals surface area contributed by atoms with Crippen LogP contribution in [-0.2, 0) is 0 Å². The van der Waals surface area contributed by atoms with Crippen LogP contribution in [-0.4, -0.2) is 19.1 Å². The molecule has 1 saturated carbocycles. The standard InChI is InChI=1S/C15H22N2O/c18-15(14-9-5-2-6-10-14)17-12-16-11-13-7-3-1-4-8-13/h2,5-6,9-10,13,16H,1,3-4,7-8,11-12H2,(H,17,18). The fourth-order valence-electron chi connectivity index (χ4n) is 2.50. The maximum atomic E-state index is 11.7. The third kappa shape index (κ3) is 4.15. The highest BCUT2D eigenvalue weighted by atomic mass is 16.1. The Morgan fingerprint density at radius 1 is 1.11 bits per heavy atom. The highest BCUT2D eigenvalue weighted by Crippen LogP contribution is 2.22. The number of benzene rings is 1. The third-order valence-corrected chi connectivity index (χ3v) is 3.57. The fourth-order valence-corrected chi connectivity index (χ4v) is 2.50. The first-order chi connectivity index (χ1) is 8.86. The van der Waals surface area contributed by atoms with Gasteiger partial charge < -0.3 is 5.32 Å². The van der Waals surface area contributed by atoms with Crippen LogP contribution in [0.5, 0.6) is 0 Å². The lowest BCUT2D eigenvalue weighted by Crippen LogP contribution is -2.36. The van der Waals surface area contributed by atoms with E-state index in [1.807, 2.05) is 30.3 Å². The molecule has 18 heavy (non-hydrogen) atoms. The molecule has 3 nitrogen and oxygen atoms in total. The van der Waals surface area contributed by atoms with Gasteiger partial charge in [0, 0.05) is 5.56 Å². The Morgan fingerprint density at radius 3 is 2.56 bits per heavy atom. The molecule has 3 heteroatoms. The van der Waals surface area contributed by atoms with Crippen molar-refractivity contribution in [1.29, 1.82) is 0 Å². The van der Waals surface area contributed by atoms with E-state index in [9.17, 15) is 4.79 Å². The zero-order valence-electron chi connectivity index (χ0n) is 10.8. The molecule has 0 aliphatic heterocycles. The zero-order valence-corrected chi connectivity index (χ0v) is 10.8. The van der Waals surface area contributed by atoms with Crippen LogP contribution < -0.4 is 10.6 Å². The molecule has 0 radical (unpaired) electrons. The van der Waals surface area contributed by atoms with Crippen molar-refractivity contribution < 1.29 is 4.79 Å². The molecule has 98 valence electrons. The van der Waals surface area contributed by atoms with Crippen LogP contribution in [0.15, 0.2) is 30.3 Å². The zero-order chi connectivity index (χ0) is 12.6.